The topological polar surface area (TPSA) is 96.3 Å². The summed E-state index contributed by atoms with van der Waals surface area (Å²) in [6.07, 6.45) is 21.1. The number of ether oxygens (including phenoxy) is 2. The first-order chi connectivity index (χ1) is 18.0. The third kappa shape index (κ3) is 17.6. The van der Waals surface area contributed by atoms with Gasteiger partial charge in [0.25, 0.3) is 0 Å². The summed E-state index contributed by atoms with van der Waals surface area (Å²) in [4.78, 5) is 23.7. The van der Waals surface area contributed by atoms with Crippen molar-refractivity contribution < 1.29 is 29.3 Å². The summed E-state index contributed by atoms with van der Waals surface area (Å²) >= 11 is 0. The Bertz CT molecular complexity index is 723. The third-order valence-corrected chi connectivity index (χ3v) is 6.46. The number of carboxylic acid groups (broad SMARTS) is 2. The van der Waals surface area contributed by atoms with Crippen molar-refractivity contribution in [3.8, 4) is 11.5 Å². The molecular weight excluding hydrogens is 470 g/mol. The maximum Gasteiger partial charge on any atom is 0.323 e. The fourth-order valence-corrected chi connectivity index (χ4v) is 4.48. The predicted molar refractivity (Wildman–Crippen MR) is 150 cm³/mol. The molecule has 0 saturated heterocycles. The summed E-state index contributed by atoms with van der Waals surface area (Å²) in [5.41, 5.74) is 0.456. The van der Waals surface area contributed by atoms with Gasteiger partial charge in [0.2, 0.25) is 0 Å². The average Bonchev–Trinajstić information content (AvgIpc) is 2.85. The van der Waals surface area contributed by atoms with E-state index in [4.69, 9.17) is 19.7 Å². The lowest BCUT2D eigenvalue weighted by Gasteiger charge is -2.22. The second-order valence-corrected chi connectivity index (χ2v) is 9.89. The van der Waals surface area contributed by atoms with Crippen LogP contribution in [0.1, 0.15) is 117 Å². The van der Waals surface area contributed by atoms with Crippen LogP contribution in [0.15, 0.2) is 18.2 Å². The summed E-state index contributed by atoms with van der Waals surface area (Å²) in [6, 6.07) is 5.09. The Kier molecular flexibility index (Phi) is 19.0. The molecule has 0 radical (unpaired) electrons. The standard InChI is InChI=1S/C30H51NO6/c1-3-5-6-7-8-9-10-11-12-13-14-15-16-17-18-19-20-37-28-22-26(21-27(23-28)36-4-2)31(24-29(32)33)25-30(34)35/h21-23H,3-20,24-25H2,1-2H3,(H,32,33)(H,34,35). The van der Waals surface area contributed by atoms with Gasteiger partial charge in [0.15, 0.2) is 0 Å². The monoisotopic (exact) mass is 521 g/mol. The molecule has 37 heavy (non-hydrogen) atoms. The van der Waals surface area contributed by atoms with E-state index in [2.05, 4.69) is 6.92 Å². The largest absolute Gasteiger partial charge is 0.494 e. The van der Waals surface area contributed by atoms with Crippen molar-refractivity contribution in [2.45, 2.75) is 117 Å². The van der Waals surface area contributed by atoms with Crippen LogP contribution in [0.5, 0.6) is 11.5 Å². The molecule has 1 aromatic carbocycles. The molecule has 0 bridgehead atoms. The van der Waals surface area contributed by atoms with Gasteiger partial charge in [-0.15, -0.1) is 0 Å². The first-order valence-corrected chi connectivity index (χ1v) is 14.6. The fourth-order valence-electron chi connectivity index (χ4n) is 4.48. The van der Waals surface area contributed by atoms with Gasteiger partial charge in [-0.1, -0.05) is 103 Å². The van der Waals surface area contributed by atoms with Crippen molar-refractivity contribution in [2.24, 2.45) is 0 Å². The highest BCUT2D eigenvalue weighted by Crippen LogP contribution is 2.29. The van der Waals surface area contributed by atoms with Gasteiger partial charge in [0, 0.05) is 23.9 Å². The lowest BCUT2D eigenvalue weighted by molar-refractivity contribution is -0.136. The van der Waals surface area contributed by atoms with E-state index in [9.17, 15) is 9.59 Å². The van der Waals surface area contributed by atoms with Crippen LogP contribution in [0.25, 0.3) is 0 Å². The molecule has 1 aromatic rings. The van der Waals surface area contributed by atoms with E-state index >= 15 is 0 Å². The first-order valence-electron chi connectivity index (χ1n) is 14.6. The highest BCUT2D eigenvalue weighted by molar-refractivity contribution is 5.80. The van der Waals surface area contributed by atoms with Crippen molar-refractivity contribution in [1.29, 1.82) is 0 Å². The lowest BCUT2D eigenvalue weighted by Crippen LogP contribution is -2.34. The summed E-state index contributed by atoms with van der Waals surface area (Å²) in [5.74, 6) is -1.11. The Morgan fingerprint density at radius 1 is 0.622 bits per heavy atom. The quantitative estimate of drug-likeness (QED) is 0.127. The number of nitrogens with zero attached hydrogens (tertiary/aromatic N) is 1. The molecule has 0 unspecified atom stereocenters. The van der Waals surface area contributed by atoms with E-state index < -0.39 is 25.0 Å². The van der Waals surface area contributed by atoms with Crippen LogP contribution in [-0.4, -0.2) is 48.5 Å². The molecule has 2 N–H and O–H groups in total. The molecule has 0 aromatic heterocycles. The van der Waals surface area contributed by atoms with E-state index in [-0.39, 0.29) is 0 Å². The molecule has 0 fully saturated rings. The summed E-state index contributed by atoms with van der Waals surface area (Å²) in [6.45, 7) is 4.30. The molecule has 212 valence electrons. The van der Waals surface area contributed by atoms with Crippen molar-refractivity contribution in [2.75, 3.05) is 31.2 Å². The summed E-state index contributed by atoms with van der Waals surface area (Å²) < 4.78 is 11.5. The summed E-state index contributed by atoms with van der Waals surface area (Å²) in [5, 5.41) is 18.3. The van der Waals surface area contributed by atoms with Crippen LogP contribution in [0, 0.1) is 0 Å². The average molecular weight is 522 g/mol. The van der Waals surface area contributed by atoms with E-state index in [0.717, 1.165) is 12.8 Å². The number of carboxylic acids is 2. The second kappa shape index (κ2) is 21.6. The molecule has 1 rings (SSSR count). The molecule has 0 atom stereocenters. The smallest absolute Gasteiger partial charge is 0.323 e. The Morgan fingerprint density at radius 3 is 1.43 bits per heavy atom. The molecule has 0 aliphatic carbocycles. The number of hydrogen-bond donors (Lipinski definition) is 2. The minimum atomic E-state index is -1.10. The first kappa shape index (κ1) is 32.6. The van der Waals surface area contributed by atoms with E-state index in [1.165, 1.54) is 94.8 Å². The van der Waals surface area contributed by atoms with Crippen LogP contribution in [0.2, 0.25) is 0 Å². The Labute approximate surface area is 224 Å². The number of anilines is 1. The van der Waals surface area contributed by atoms with Crippen molar-refractivity contribution in [1.82, 2.24) is 0 Å². The number of hydrogen-bond acceptors (Lipinski definition) is 5. The minimum Gasteiger partial charge on any atom is -0.494 e. The lowest BCUT2D eigenvalue weighted by atomic mass is 10.0. The highest BCUT2D eigenvalue weighted by atomic mass is 16.5. The van der Waals surface area contributed by atoms with Gasteiger partial charge in [-0.25, -0.2) is 0 Å². The number of unbranched alkanes of at least 4 members (excludes halogenated alkanes) is 15. The van der Waals surface area contributed by atoms with Crippen molar-refractivity contribution in [3.05, 3.63) is 18.2 Å². The number of aliphatic carboxylic acids is 2. The normalized spacial score (nSPS) is 10.9. The maximum atomic E-state index is 11.2. The predicted octanol–water partition coefficient (Wildman–Crippen LogP) is 7.70. The van der Waals surface area contributed by atoms with Crippen LogP contribution in [-0.2, 0) is 9.59 Å². The van der Waals surface area contributed by atoms with Crippen LogP contribution < -0.4 is 14.4 Å². The van der Waals surface area contributed by atoms with E-state index in [1.54, 1.807) is 18.2 Å². The molecule has 0 spiro atoms. The fraction of sp³-hybridized carbons (Fsp3) is 0.733. The summed E-state index contributed by atoms with van der Waals surface area (Å²) in [7, 11) is 0. The van der Waals surface area contributed by atoms with Gasteiger partial charge < -0.3 is 24.6 Å². The molecular formula is C30H51NO6. The van der Waals surface area contributed by atoms with Crippen molar-refractivity contribution in [3.63, 3.8) is 0 Å². The molecule has 0 aliphatic rings. The zero-order valence-corrected chi connectivity index (χ0v) is 23.3. The molecule has 7 nitrogen and oxygen atoms in total. The van der Waals surface area contributed by atoms with Crippen LogP contribution in [0.3, 0.4) is 0 Å². The minimum absolute atomic E-state index is 0.416. The van der Waals surface area contributed by atoms with Crippen LogP contribution in [0.4, 0.5) is 5.69 Å². The highest BCUT2D eigenvalue weighted by Gasteiger charge is 2.16. The van der Waals surface area contributed by atoms with Crippen molar-refractivity contribution >= 4 is 17.6 Å². The number of carbonyl (C=O) groups is 2. The SMILES string of the molecule is CCCCCCCCCCCCCCCCCCOc1cc(OCC)cc(N(CC(=O)O)CC(=O)O)c1. The molecule has 0 aliphatic heterocycles. The van der Waals surface area contributed by atoms with Gasteiger partial charge in [0.05, 0.1) is 13.2 Å². The Morgan fingerprint density at radius 2 is 1.03 bits per heavy atom. The molecule has 0 heterocycles. The number of benzene rings is 1. The third-order valence-electron chi connectivity index (χ3n) is 6.46. The molecule has 7 heteroatoms. The zero-order valence-electron chi connectivity index (χ0n) is 23.3. The number of rotatable bonds is 25. The van der Waals surface area contributed by atoms with E-state index in [0.29, 0.717) is 30.4 Å². The van der Waals surface area contributed by atoms with Gasteiger partial charge in [-0.3, -0.25) is 9.59 Å². The Balaban J connectivity index is 2.22. The van der Waals surface area contributed by atoms with Crippen LogP contribution >= 0.6 is 0 Å². The molecule has 0 saturated carbocycles. The zero-order chi connectivity index (χ0) is 27.1. The van der Waals surface area contributed by atoms with Gasteiger partial charge in [-0.2, -0.15) is 0 Å². The second-order valence-electron chi connectivity index (χ2n) is 9.89. The maximum absolute atomic E-state index is 11.2. The van der Waals surface area contributed by atoms with Gasteiger partial charge in [-0.05, 0) is 13.3 Å². The van der Waals surface area contributed by atoms with E-state index in [1.807, 2.05) is 6.92 Å². The Hall–Kier alpha value is -2.44. The van der Waals surface area contributed by atoms with Gasteiger partial charge >= 0.3 is 11.9 Å². The molecule has 0 amide bonds. The van der Waals surface area contributed by atoms with Gasteiger partial charge in [0.1, 0.15) is 24.6 Å².